The van der Waals surface area contributed by atoms with E-state index in [1.54, 1.807) is 0 Å². The van der Waals surface area contributed by atoms with Gasteiger partial charge in [-0.05, 0) is 67.1 Å². The molecule has 0 amide bonds. The maximum atomic E-state index is 14.0. The van der Waals surface area contributed by atoms with Crippen LogP contribution in [0.3, 0.4) is 0 Å². The van der Waals surface area contributed by atoms with Gasteiger partial charge in [-0.3, -0.25) is 9.59 Å². The van der Waals surface area contributed by atoms with Gasteiger partial charge in [0.2, 0.25) is 0 Å². The van der Waals surface area contributed by atoms with E-state index in [2.05, 4.69) is 29.9 Å². The van der Waals surface area contributed by atoms with Crippen molar-refractivity contribution < 1.29 is 19.1 Å². The third kappa shape index (κ3) is 5.89. The van der Waals surface area contributed by atoms with E-state index in [1.165, 1.54) is 0 Å². The Kier molecular flexibility index (Phi) is 7.69. The number of ketones is 1. The second kappa shape index (κ2) is 11.0. The zero-order valence-corrected chi connectivity index (χ0v) is 24.8. The van der Waals surface area contributed by atoms with E-state index < -0.39 is 25.4 Å². The van der Waals surface area contributed by atoms with Crippen LogP contribution in [0.25, 0.3) is 22.2 Å². The van der Waals surface area contributed by atoms with Gasteiger partial charge in [0.15, 0.2) is 11.4 Å². The molecule has 1 saturated carbocycles. The summed E-state index contributed by atoms with van der Waals surface area (Å²) in [6.45, 7) is 8.88. The van der Waals surface area contributed by atoms with Crippen LogP contribution in [0.4, 0.5) is 11.7 Å². The number of aryl methyl sites for hydroxylation is 1. The van der Waals surface area contributed by atoms with E-state index in [0.717, 1.165) is 52.4 Å². The first kappa shape index (κ1) is 27.8. The summed E-state index contributed by atoms with van der Waals surface area (Å²) in [6.07, 6.45) is 3.67. The van der Waals surface area contributed by atoms with E-state index in [0.29, 0.717) is 30.8 Å². The summed E-state index contributed by atoms with van der Waals surface area (Å²) in [6, 6.07) is 22.9. The number of hydrogen-bond donors (Lipinski definition) is 2. The molecule has 0 radical (unpaired) electrons. The van der Waals surface area contributed by atoms with Crippen molar-refractivity contribution in [3.63, 3.8) is 0 Å². The van der Waals surface area contributed by atoms with Crippen LogP contribution in [-0.2, 0) is 4.79 Å². The average Bonchev–Trinajstić information content (AvgIpc) is 3.33. The number of nitrogens with zero attached hydrogens (tertiary/aromatic N) is 1. The molecule has 1 aliphatic carbocycles. The van der Waals surface area contributed by atoms with Crippen molar-refractivity contribution >= 4 is 42.6 Å². The number of carboxylic acids is 1. The van der Waals surface area contributed by atoms with Gasteiger partial charge in [-0.1, -0.05) is 81.0 Å². The van der Waals surface area contributed by atoms with E-state index in [9.17, 15) is 14.7 Å². The van der Waals surface area contributed by atoms with Crippen molar-refractivity contribution in [2.45, 2.75) is 64.7 Å². The zero-order valence-electron chi connectivity index (χ0n) is 23.8. The Hall–Kier alpha value is -3.71. The largest absolute Gasteiger partial charge is 0.481 e. The first-order valence-electron chi connectivity index (χ1n) is 14.2. The number of rotatable bonds is 9. The van der Waals surface area contributed by atoms with Gasteiger partial charge in [0, 0.05) is 24.7 Å². The van der Waals surface area contributed by atoms with Gasteiger partial charge >= 0.3 is 5.97 Å². The minimum absolute atomic E-state index is 0.00234. The number of hydrogen-bond acceptors (Lipinski definition) is 5. The molecule has 0 spiro atoms. The van der Waals surface area contributed by atoms with E-state index in [1.807, 2.05) is 73.7 Å². The minimum Gasteiger partial charge on any atom is -0.481 e. The molecule has 7 heteroatoms. The molecule has 1 aromatic heterocycles. The second-order valence-electron chi connectivity index (χ2n) is 12.5. The lowest BCUT2D eigenvalue weighted by Crippen LogP contribution is -2.46. The summed E-state index contributed by atoms with van der Waals surface area (Å²) in [7, 11) is -1.45. The highest BCUT2D eigenvalue weighted by atomic mass is 28.3. The Morgan fingerprint density at radius 1 is 1.00 bits per heavy atom. The Morgan fingerprint density at radius 2 is 1.68 bits per heavy atom. The summed E-state index contributed by atoms with van der Waals surface area (Å²) >= 11 is 0. The minimum atomic E-state index is -1.45. The smallest absolute Gasteiger partial charge is 0.307 e. The number of carboxylic acid groups (broad SMARTS) is 1. The highest BCUT2D eigenvalue weighted by molar-refractivity contribution is 6.76. The predicted molar refractivity (Wildman–Crippen MR) is 163 cm³/mol. The molecule has 2 atom stereocenters. The standard InChI is InChI=1S/C33H38N2O4Si/c1-22-8-17-29-28(21-22)35-32(39-29)34-26-15-13-24(14-16-26)23-9-11-25(12-10-23)30(36)33(19-20-40(2,3)4)18-6-5-7-27(33)31(37)38/h8-17,21,27H,5-7,18-20H2,1-4H3,(H,34,35)(H,37,38)/t27-,33-/m0/s1. The molecule has 40 heavy (non-hydrogen) atoms. The summed E-state index contributed by atoms with van der Waals surface area (Å²) in [4.78, 5) is 30.9. The number of carbonyl (C=O) groups is 2. The van der Waals surface area contributed by atoms with Crippen LogP contribution < -0.4 is 5.32 Å². The topological polar surface area (TPSA) is 92.4 Å². The molecule has 3 aromatic carbocycles. The molecule has 1 fully saturated rings. The van der Waals surface area contributed by atoms with E-state index >= 15 is 0 Å². The predicted octanol–water partition coefficient (Wildman–Crippen LogP) is 8.72. The first-order valence-corrected chi connectivity index (χ1v) is 17.9. The fourth-order valence-electron chi connectivity index (χ4n) is 5.94. The van der Waals surface area contributed by atoms with E-state index in [4.69, 9.17) is 4.42 Å². The van der Waals surface area contributed by atoms with Crippen LogP contribution in [-0.4, -0.2) is 29.9 Å². The van der Waals surface area contributed by atoms with E-state index in [-0.39, 0.29) is 5.78 Å². The fraction of sp³-hybridized carbons (Fsp3) is 0.364. The van der Waals surface area contributed by atoms with Gasteiger partial charge in [0.25, 0.3) is 6.01 Å². The average molecular weight is 555 g/mol. The molecule has 0 unspecified atom stereocenters. The number of Topliss-reactive ketones (excluding diaryl/α,β-unsaturated/α-hetero) is 1. The Morgan fingerprint density at radius 3 is 2.33 bits per heavy atom. The Bertz CT molecular complexity index is 1520. The third-order valence-corrected chi connectivity index (χ3v) is 10.0. The van der Waals surface area contributed by atoms with Crippen molar-refractivity contribution in [1.82, 2.24) is 4.98 Å². The highest BCUT2D eigenvalue weighted by Crippen LogP contribution is 2.48. The Labute approximate surface area is 236 Å². The van der Waals surface area contributed by atoms with Crippen molar-refractivity contribution in [3.05, 3.63) is 77.9 Å². The van der Waals surface area contributed by atoms with Gasteiger partial charge in [0.05, 0.1) is 5.92 Å². The monoisotopic (exact) mass is 554 g/mol. The molecule has 5 rings (SSSR count). The molecule has 0 bridgehead atoms. The van der Waals surface area contributed by atoms with Crippen molar-refractivity contribution in [2.24, 2.45) is 11.3 Å². The van der Waals surface area contributed by atoms with Gasteiger partial charge in [-0.15, -0.1) is 0 Å². The summed E-state index contributed by atoms with van der Waals surface area (Å²) in [5.41, 5.74) is 5.36. The number of aromatic nitrogens is 1. The van der Waals surface area contributed by atoms with Crippen LogP contribution in [0, 0.1) is 18.3 Å². The zero-order chi connectivity index (χ0) is 28.5. The van der Waals surface area contributed by atoms with Crippen LogP contribution in [0.2, 0.25) is 25.7 Å². The fourth-order valence-corrected chi connectivity index (χ4v) is 7.14. The number of anilines is 2. The van der Waals surface area contributed by atoms with Crippen molar-refractivity contribution in [2.75, 3.05) is 5.32 Å². The quantitative estimate of drug-likeness (QED) is 0.159. The number of benzene rings is 3. The lowest BCUT2D eigenvalue weighted by molar-refractivity contribution is -0.147. The molecule has 208 valence electrons. The molecule has 4 aromatic rings. The summed E-state index contributed by atoms with van der Waals surface area (Å²) in [5, 5.41) is 13.3. The number of oxazole rings is 1. The summed E-state index contributed by atoms with van der Waals surface area (Å²) < 4.78 is 5.80. The van der Waals surface area contributed by atoms with Crippen LogP contribution in [0.5, 0.6) is 0 Å². The Balaban J connectivity index is 1.34. The maximum absolute atomic E-state index is 14.0. The molecular weight excluding hydrogens is 516 g/mol. The van der Waals surface area contributed by atoms with Crippen LogP contribution in [0.15, 0.2) is 71.1 Å². The van der Waals surface area contributed by atoms with Crippen molar-refractivity contribution in [3.8, 4) is 11.1 Å². The molecule has 0 aliphatic heterocycles. The molecule has 1 aliphatic rings. The third-order valence-electron chi connectivity index (χ3n) is 8.26. The SMILES string of the molecule is Cc1ccc2oc(Nc3ccc(-c4ccc(C(=O)[C@]5(CC[Si](C)(C)C)CCCC[C@H]5C(=O)O)cc4)cc3)nc2c1. The number of fused-ring (bicyclic) bond motifs is 1. The lowest BCUT2D eigenvalue weighted by atomic mass is 9.61. The van der Waals surface area contributed by atoms with Gasteiger partial charge in [-0.25, -0.2) is 0 Å². The number of aliphatic carboxylic acids is 1. The van der Waals surface area contributed by atoms with Crippen molar-refractivity contribution in [1.29, 1.82) is 0 Å². The van der Waals surface area contributed by atoms with Gasteiger partial charge in [-0.2, -0.15) is 4.98 Å². The highest BCUT2D eigenvalue weighted by Gasteiger charge is 2.50. The number of nitrogens with one attached hydrogen (secondary N) is 1. The van der Waals surface area contributed by atoms with Crippen LogP contribution >= 0.6 is 0 Å². The normalized spacial score (nSPS) is 19.4. The van der Waals surface area contributed by atoms with Gasteiger partial charge in [0.1, 0.15) is 5.52 Å². The molecule has 0 saturated heterocycles. The second-order valence-corrected chi connectivity index (χ2v) is 18.1. The lowest BCUT2D eigenvalue weighted by Gasteiger charge is -2.42. The van der Waals surface area contributed by atoms with Crippen LogP contribution in [0.1, 0.15) is 48.0 Å². The molecule has 1 heterocycles. The summed E-state index contributed by atoms with van der Waals surface area (Å²) in [5.74, 6) is -1.45. The molecule has 2 N–H and O–H groups in total. The molecular formula is C33H38N2O4Si. The first-order chi connectivity index (χ1) is 19.0. The maximum Gasteiger partial charge on any atom is 0.307 e. The number of carbonyl (C=O) groups excluding carboxylic acids is 1. The molecule has 6 nitrogen and oxygen atoms in total. The van der Waals surface area contributed by atoms with Gasteiger partial charge < -0.3 is 14.8 Å².